The Morgan fingerprint density at radius 1 is 1.23 bits per heavy atom. The second-order valence-electron chi connectivity index (χ2n) is 5.13. The second-order valence-corrected chi connectivity index (χ2v) is 6.90. The van der Waals surface area contributed by atoms with E-state index in [2.05, 4.69) is 46.5 Å². The van der Waals surface area contributed by atoms with Crippen LogP contribution in [0.25, 0.3) is 5.52 Å². The number of pyridine rings is 1. The Balaban J connectivity index is 1.67. The Morgan fingerprint density at radius 3 is 2.95 bits per heavy atom. The summed E-state index contributed by atoms with van der Waals surface area (Å²) in [7, 11) is 0. The minimum Gasteiger partial charge on any atom is -0.332 e. The number of amides is 1. The van der Waals surface area contributed by atoms with Gasteiger partial charge in [-0.1, -0.05) is 0 Å². The van der Waals surface area contributed by atoms with Crippen LogP contribution in [-0.4, -0.2) is 36.5 Å². The summed E-state index contributed by atoms with van der Waals surface area (Å²) in [6, 6.07) is 3.74. The van der Waals surface area contributed by atoms with E-state index in [1.165, 1.54) is 0 Å². The standard InChI is InChI=1S/C14H11Br2N5O/c15-9-5-10(16)12-6-11(18-21(12)7-9)14(22)20-4-3-19-2-1-17-13(19)8-20/h1-2,5-7H,3-4,8H2. The van der Waals surface area contributed by atoms with Crippen molar-refractivity contribution in [2.24, 2.45) is 0 Å². The van der Waals surface area contributed by atoms with Gasteiger partial charge in [-0.25, -0.2) is 9.50 Å². The molecule has 6 nitrogen and oxygen atoms in total. The molecule has 0 atom stereocenters. The molecule has 1 aliphatic rings. The number of halogens is 2. The molecular weight excluding hydrogens is 414 g/mol. The quantitative estimate of drug-likeness (QED) is 0.603. The lowest BCUT2D eigenvalue weighted by Crippen LogP contribution is -2.38. The fourth-order valence-corrected chi connectivity index (χ4v) is 3.91. The maximum Gasteiger partial charge on any atom is 0.274 e. The summed E-state index contributed by atoms with van der Waals surface area (Å²) >= 11 is 6.92. The predicted molar refractivity (Wildman–Crippen MR) is 87.6 cm³/mol. The number of rotatable bonds is 1. The van der Waals surface area contributed by atoms with Crippen molar-refractivity contribution in [1.82, 2.24) is 24.1 Å². The number of imidazole rings is 1. The van der Waals surface area contributed by atoms with Gasteiger partial charge < -0.3 is 9.47 Å². The van der Waals surface area contributed by atoms with E-state index in [0.29, 0.717) is 18.8 Å². The van der Waals surface area contributed by atoms with Gasteiger partial charge in [-0.05, 0) is 44.0 Å². The molecule has 0 saturated heterocycles. The lowest BCUT2D eigenvalue weighted by atomic mass is 10.3. The lowest BCUT2D eigenvalue weighted by Gasteiger charge is -2.26. The van der Waals surface area contributed by atoms with Gasteiger partial charge in [0.15, 0.2) is 5.69 Å². The van der Waals surface area contributed by atoms with E-state index >= 15 is 0 Å². The highest BCUT2D eigenvalue weighted by Crippen LogP contribution is 2.24. The zero-order valence-electron chi connectivity index (χ0n) is 11.4. The molecular formula is C14H11Br2N5O. The third-order valence-corrected chi connectivity index (χ3v) is 4.81. The summed E-state index contributed by atoms with van der Waals surface area (Å²) in [5, 5.41) is 4.39. The molecule has 1 amide bonds. The first kappa shape index (κ1) is 14.0. The van der Waals surface area contributed by atoms with Crippen molar-refractivity contribution in [3.63, 3.8) is 0 Å². The zero-order valence-corrected chi connectivity index (χ0v) is 14.6. The topological polar surface area (TPSA) is 55.4 Å². The van der Waals surface area contributed by atoms with Crippen LogP contribution in [0.1, 0.15) is 16.3 Å². The normalized spacial score (nSPS) is 14.4. The Hall–Kier alpha value is -1.67. The largest absolute Gasteiger partial charge is 0.332 e. The molecule has 4 rings (SSSR count). The summed E-state index contributed by atoms with van der Waals surface area (Å²) in [6.07, 6.45) is 5.54. The molecule has 0 radical (unpaired) electrons. The average molecular weight is 425 g/mol. The molecule has 1 aliphatic heterocycles. The molecule has 0 fully saturated rings. The highest BCUT2D eigenvalue weighted by molar-refractivity contribution is 9.11. The van der Waals surface area contributed by atoms with E-state index in [1.54, 1.807) is 21.7 Å². The highest BCUT2D eigenvalue weighted by Gasteiger charge is 2.24. The van der Waals surface area contributed by atoms with Crippen LogP contribution in [0.15, 0.2) is 39.7 Å². The van der Waals surface area contributed by atoms with E-state index in [9.17, 15) is 4.79 Å². The van der Waals surface area contributed by atoms with E-state index in [1.807, 2.05) is 18.5 Å². The number of carbonyl (C=O) groups excluding carboxylic acids is 1. The molecule has 0 unspecified atom stereocenters. The Labute approximate surface area is 143 Å². The smallest absolute Gasteiger partial charge is 0.274 e. The number of nitrogens with zero attached hydrogens (tertiary/aromatic N) is 5. The van der Waals surface area contributed by atoms with Gasteiger partial charge in [-0.3, -0.25) is 4.79 Å². The summed E-state index contributed by atoms with van der Waals surface area (Å²) < 4.78 is 5.56. The molecule has 0 spiro atoms. The van der Waals surface area contributed by atoms with Crippen molar-refractivity contribution in [2.75, 3.05) is 6.54 Å². The lowest BCUT2D eigenvalue weighted by molar-refractivity contribution is 0.0701. The Kier molecular flexibility index (Phi) is 3.30. The summed E-state index contributed by atoms with van der Waals surface area (Å²) in [5.74, 6) is 0.841. The Bertz CT molecular complexity index is 885. The molecule has 3 aromatic heterocycles. The van der Waals surface area contributed by atoms with Crippen LogP contribution in [0.3, 0.4) is 0 Å². The van der Waals surface area contributed by atoms with Gasteiger partial charge in [0.25, 0.3) is 5.91 Å². The van der Waals surface area contributed by atoms with Crippen molar-refractivity contribution >= 4 is 43.3 Å². The SMILES string of the molecule is O=C(c1cc2c(Br)cc(Br)cn2n1)N1CCn2ccnc2C1. The van der Waals surface area contributed by atoms with Gasteiger partial charge in [0.05, 0.1) is 12.1 Å². The van der Waals surface area contributed by atoms with E-state index < -0.39 is 0 Å². The number of fused-ring (bicyclic) bond motifs is 2. The van der Waals surface area contributed by atoms with Crippen molar-refractivity contribution in [3.8, 4) is 0 Å². The third-order valence-electron chi connectivity index (χ3n) is 3.74. The summed E-state index contributed by atoms with van der Waals surface area (Å²) in [5.41, 5.74) is 1.31. The van der Waals surface area contributed by atoms with Crippen LogP contribution in [0, 0.1) is 0 Å². The maximum atomic E-state index is 12.7. The molecule has 22 heavy (non-hydrogen) atoms. The number of hydrogen-bond acceptors (Lipinski definition) is 3. The van der Waals surface area contributed by atoms with Crippen LogP contribution in [-0.2, 0) is 13.1 Å². The average Bonchev–Trinajstić information content (AvgIpc) is 3.11. The van der Waals surface area contributed by atoms with Crippen LogP contribution < -0.4 is 0 Å². The van der Waals surface area contributed by atoms with Crippen LogP contribution >= 0.6 is 31.9 Å². The predicted octanol–water partition coefficient (Wildman–Crippen LogP) is 2.71. The van der Waals surface area contributed by atoms with Crippen molar-refractivity contribution < 1.29 is 4.79 Å². The molecule has 0 aliphatic carbocycles. The number of aromatic nitrogens is 4. The van der Waals surface area contributed by atoms with Crippen LogP contribution in [0.5, 0.6) is 0 Å². The fourth-order valence-electron chi connectivity index (χ4n) is 2.63. The zero-order chi connectivity index (χ0) is 15.3. The van der Waals surface area contributed by atoms with E-state index in [4.69, 9.17) is 0 Å². The van der Waals surface area contributed by atoms with Crippen molar-refractivity contribution in [3.05, 3.63) is 51.2 Å². The first-order chi connectivity index (χ1) is 10.6. The van der Waals surface area contributed by atoms with Gasteiger partial charge >= 0.3 is 0 Å². The van der Waals surface area contributed by atoms with Gasteiger partial charge in [0.2, 0.25) is 0 Å². The van der Waals surface area contributed by atoms with Gasteiger partial charge in [0, 0.05) is 40.6 Å². The first-order valence-corrected chi connectivity index (χ1v) is 8.34. The molecule has 4 heterocycles. The van der Waals surface area contributed by atoms with Crippen molar-refractivity contribution in [2.45, 2.75) is 13.1 Å². The summed E-state index contributed by atoms with van der Waals surface area (Å²) in [4.78, 5) is 18.7. The van der Waals surface area contributed by atoms with E-state index in [0.717, 1.165) is 26.8 Å². The maximum absolute atomic E-state index is 12.7. The monoisotopic (exact) mass is 423 g/mol. The molecule has 112 valence electrons. The van der Waals surface area contributed by atoms with Crippen LogP contribution in [0.4, 0.5) is 0 Å². The molecule has 8 heteroatoms. The van der Waals surface area contributed by atoms with Crippen molar-refractivity contribution in [1.29, 1.82) is 0 Å². The fraction of sp³-hybridized carbons (Fsp3) is 0.214. The molecule has 0 aromatic carbocycles. The van der Waals surface area contributed by atoms with E-state index in [-0.39, 0.29) is 5.91 Å². The minimum atomic E-state index is -0.0685. The molecule has 0 saturated carbocycles. The second kappa shape index (κ2) is 5.20. The highest BCUT2D eigenvalue weighted by atomic mass is 79.9. The van der Waals surface area contributed by atoms with Gasteiger partial charge in [-0.15, -0.1) is 0 Å². The molecule has 3 aromatic rings. The number of hydrogen-bond donors (Lipinski definition) is 0. The van der Waals surface area contributed by atoms with Gasteiger partial charge in [0.1, 0.15) is 5.82 Å². The molecule has 0 N–H and O–H groups in total. The Morgan fingerprint density at radius 2 is 2.09 bits per heavy atom. The third kappa shape index (κ3) is 2.26. The van der Waals surface area contributed by atoms with Crippen LogP contribution in [0.2, 0.25) is 0 Å². The molecule has 0 bridgehead atoms. The minimum absolute atomic E-state index is 0.0685. The first-order valence-electron chi connectivity index (χ1n) is 6.75. The van der Waals surface area contributed by atoms with Gasteiger partial charge in [-0.2, -0.15) is 5.10 Å². The summed E-state index contributed by atoms with van der Waals surface area (Å²) in [6.45, 7) is 1.95. The number of carbonyl (C=O) groups is 1.